The maximum atomic E-state index is 12.7. The van der Waals surface area contributed by atoms with Crippen molar-refractivity contribution < 1.29 is 4.79 Å². The van der Waals surface area contributed by atoms with Gasteiger partial charge >= 0.3 is 0 Å². The number of aromatic nitrogens is 5. The number of piperidine rings is 1. The van der Waals surface area contributed by atoms with Gasteiger partial charge in [0.1, 0.15) is 17.5 Å². The molecule has 2 aliphatic heterocycles. The fourth-order valence-electron chi connectivity index (χ4n) is 5.28. The summed E-state index contributed by atoms with van der Waals surface area (Å²) in [5.74, 6) is 0.0631. The molecule has 0 atom stereocenters. The number of carbonyl (C=O) groups excluding carboxylic acids is 1. The minimum atomic E-state index is -0.349. The minimum absolute atomic E-state index is 0.0631. The molecule has 0 aliphatic carbocycles. The monoisotopic (exact) mass is 506 g/mol. The molecule has 4 aromatic rings. The third-order valence-corrected chi connectivity index (χ3v) is 8.37. The highest BCUT2D eigenvalue weighted by Gasteiger charge is 2.48. The summed E-state index contributed by atoms with van der Waals surface area (Å²) in [7, 11) is 0. The lowest BCUT2D eigenvalue weighted by Gasteiger charge is -2.53. The van der Waals surface area contributed by atoms with Gasteiger partial charge in [-0.15, -0.1) is 11.3 Å². The number of carbonyl (C=O) groups is 1. The molecule has 1 N–H and O–H groups in total. The Morgan fingerprint density at radius 2 is 2.09 bits per heavy atom. The van der Waals surface area contributed by atoms with Crippen LogP contribution in [0.1, 0.15) is 28.9 Å². The largest absolute Gasteiger partial charge is 0.346 e. The first-order valence-corrected chi connectivity index (χ1v) is 12.7. The van der Waals surface area contributed by atoms with Crippen LogP contribution < -0.4 is 0 Å². The average Bonchev–Trinajstić information content (AvgIpc) is 3.61. The number of nitrogens with zero attached hydrogens (tertiary/aromatic N) is 7. The van der Waals surface area contributed by atoms with E-state index in [1.165, 1.54) is 11.3 Å². The smallest absolute Gasteiger partial charge is 0.263 e. The molecule has 6 heterocycles. The molecule has 178 valence electrons. The predicted octanol–water partition coefficient (Wildman–Crippen LogP) is 3.77. The number of nitrogens with one attached hydrogen (secondary N) is 1. The Bertz CT molecular complexity index is 1420. The lowest BCUT2D eigenvalue weighted by Crippen LogP contribution is -2.66. The first-order chi connectivity index (χ1) is 17.1. The van der Waals surface area contributed by atoms with Gasteiger partial charge in [-0.2, -0.15) is 10.4 Å². The Kier molecular flexibility index (Phi) is 5.56. The fraction of sp³-hybridized carbons (Fsp3) is 0.375. The van der Waals surface area contributed by atoms with E-state index in [0.717, 1.165) is 61.3 Å². The van der Waals surface area contributed by atoms with Crippen LogP contribution >= 0.6 is 22.9 Å². The maximum absolute atomic E-state index is 12.7. The second-order valence-electron chi connectivity index (χ2n) is 9.23. The van der Waals surface area contributed by atoms with Crippen LogP contribution in [0.5, 0.6) is 0 Å². The van der Waals surface area contributed by atoms with E-state index in [0.29, 0.717) is 21.7 Å². The van der Waals surface area contributed by atoms with Gasteiger partial charge in [-0.1, -0.05) is 11.6 Å². The molecule has 6 rings (SSSR count). The fourth-order valence-corrected chi connectivity index (χ4v) is 6.29. The van der Waals surface area contributed by atoms with E-state index in [4.69, 9.17) is 11.6 Å². The molecule has 2 saturated heterocycles. The van der Waals surface area contributed by atoms with Crippen LogP contribution in [0.3, 0.4) is 0 Å². The van der Waals surface area contributed by atoms with Crippen LogP contribution in [0.25, 0.3) is 22.3 Å². The second-order valence-corrected chi connectivity index (χ2v) is 10.9. The van der Waals surface area contributed by atoms with Gasteiger partial charge in [0.2, 0.25) is 0 Å². The molecule has 0 bridgehead atoms. The molecular weight excluding hydrogens is 484 g/mol. The summed E-state index contributed by atoms with van der Waals surface area (Å²) >= 11 is 7.33. The maximum Gasteiger partial charge on any atom is 0.263 e. The van der Waals surface area contributed by atoms with Gasteiger partial charge in [-0.3, -0.25) is 14.4 Å². The molecule has 2 aliphatic rings. The van der Waals surface area contributed by atoms with Crippen LogP contribution in [-0.2, 0) is 5.54 Å². The van der Waals surface area contributed by atoms with Crippen molar-refractivity contribution in [3.8, 4) is 17.3 Å². The van der Waals surface area contributed by atoms with Crippen molar-refractivity contribution in [3.05, 3.63) is 52.3 Å². The van der Waals surface area contributed by atoms with Gasteiger partial charge in [-0.25, -0.2) is 9.97 Å². The first-order valence-electron chi connectivity index (χ1n) is 11.6. The third kappa shape index (κ3) is 3.89. The molecule has 0 spiro atoms. The highest BCUT2D eigenvalue weighted by Crippen LogP contribution is 2.37. The van der Waals surface area contributed by atoms with E-state index in [2.05, 4.69) is 31.0 Å². The summed E-state index contributed by atoms with van der Waals surface area (Å²) in [6, 6.07) is 8.30. The van der Waals surface area contributed by atoms with Crippen molar-refractivity contribution >= 4 is 39.9 Å². The zero-order valence-corrected chi connectivity index (χ0v) is 20.5. The topological polar surface area (TPSA) is 107 Å². The number of rotatable bonds is 5. The van der Waals surface area contributed by atoms with Crippen LogP contribution in [0.15, 0.2) is 43.1 Å². The van der Waals surface area contributed by atoms with E-state index in [-0.39, 0.29) is 11.4 Å². The van der Waals surface area contributed by atoms with Gasteiger partial charge in [-0.05, 0) is 31.0 Å². The number of hydrogen-bond donors (Lipinski definition) is 1. The van der Waals surface area contributed by atoms with Crippen molar-refractivity contribution in [3.63, 3.8) is 0 Å². The lowest BCUT2D eigenvalue weighted by molar-refractivity contribution is -0.0412. The van der Waals surface area contributed by atoms with Gasteiger partial charge in [0.15, 0.2) is 0 Å². The van der Waals surface area contributed by atoms with Gasteiger partial charge < -0.3 is 9.88 Å². The number of thiophene rings is 1. The molecule has 1 amide bonds. The molecule has 0 radical (unpaired) electrons. The molecule has 0 saturated carbocycles. The van der Waals surface area contributed by atoms with Crippen molar-refractivity contribution in [1.82, 2.24) is 34.5 Å². The Morgan fingerprint density at radius 1 is 1.26 bits per heavy atom. The molecule has 0 aromatic carbocycles. The van der Waals surface area contributed by atoms with E-state index >= 15 is 0 Å². The molecule has 9 nitrogen and oxygen atoms in total. The summed E-state index contributed by atoms with van der Waals surface area (Å²) < 4.78 is 2.58. The van der Waals surface area contributed by atoms with Gasteiger partial charge in [0.25, 0.3) is 5.91 Å². The zero-order valence-electron chi connectivity index (χ0n) is 18.9. The Labute approximate surface area is 211 Å². The van der Waals surface area contributed by atoms with E-state index in [9.17, 15) is 10.1 Å². The highest BCUT2D eigenvalue weighted by molar-refractivity contribution is 7.17. The standard InChI is InChI=1S/C24H23ClN8OS/c25-20-2-1-19(35-20)23(34)31-9-4-17(5-10-31)32-13-24(14-32,6-7-26)33-12-16(11-30-33)21-18-3-8-27-22(18)29-15-28-21/h1-3,8,11-12,15,17H,4-6,9-10,13-14H2,(H,27,28,29). The summed E-state index contributed by atoms with van der Waals surface area (Å²) in [5.41, 5.74) is 2.18. The molecule has 4 aromatic heterocycles. The number of halogens is 1. The number of fused-ring (bicyclic) bond motifs is 1. The van der Waals surface area contributed by atoms with E-state index in [1.807, 2.05) is 34.2 Å². The number of hydrogen-bond acceptors (Lipinski definition) is 7. The molecule has 35 heavy (non-hydrogen) atoms. The summed E-state index contributed by atoms with van der Waals surface area (Å²) in [4.78, 5) is 29.6. The van der Waals surface area contributed by atoms with Gasteiger partial charge in [0.05, 0.1) is 33.6 Å². The number of nitriles is 1. The first kappa shape index (κ1) is 22.2. The molecule has 11 heteroatoms. The Morgan fingerprint density at radius 3 is 2.83 bits per heavy atom. The summed E-state index contributed by atoms with van der Waals surface area (Å²) in [6.45, 7) is 2.99. The molecule has 2 fully saturated rings. The number of amides is 1. The number of aromatic amines is 1. The number of H-pyrrole nitrogens is 1. The second kappa shape index (κ2) is 8.75. The predicted molar refractivity (Wildman–Crippen MR) is 133 cm³/mol. The lowest BCUT2D eigenvalue weighted by atomic mass is 9.84. The third-order valence-electron chi connectivity index (χ3n) is 7.15. The molecule has 0 unspecified atom stereocenters. The molecular formula is C24H23ClN8OS. The Hall–Kier alpha value is -3.26. The summed E-state index contributed by atoms with van der Waals surface area (Å²) in [5, 5.41) is 15.2. The minimum Gasteiger partial charge on any atom is -0.346 e. The summed E-state index contributed by atoms with van der Waals surface area (Å²) in [6.07, 6.45) is 9.45. The normalized spacial score (nSPS) is 18.5. The van der Waals surface area contributed by atoms with Crippen molar-refractivity contribution in [2.24, 2.45) is 0 Å². The SMILES string of the molecule is N#CCC1(n2cc(-c3ncnc4[nH]ccc34)cn2)CN(C2CCN(C(=O)c3ccc(Cl)s3)CC2)C1. The van der Waals surface area contributed by atoms with Crippen LogP contribution in [0.4, 0.5) is 0 Å². The van der Waals surface area contributed by atoms with Crippen LogP contribution in [-0.4, -0.2) is 72.7 Å². The Balaban J connectivity index is 1.13. The van der Waals surface area contributed by atoms with Crippen LogP contribution in [0.2, 0.25) is 4.34 Å². The van der Waals surface area contributed by atoms with E-state index in [1.54, 1.807) is 18.5 Å². The number of likely N-dealkylation sites (tertiary alicyclic amines) is 2. The van der Waals surface area contributed by atoms with E-state index < -0.39 is 0 Å². The average molecular weight is 507 g/mol. The van der Waals surface area contributed by atoms with Crippen LogP contribution in [0, 0.1) is 11.3 Å². The van der Waals surface area contributed by atoms with Crippen molar-refractivity contribution in [2.75, 3.05) is 26.2 Å². The van der Waals surface area contributed by atoms with Crippen molar-refractivity contribution in [1.29, 1.82) is 5.26 Å². The quantitative estimate of drug-likeness (QED) is 0.441. The highest BCUT2D eigenvalue weighted by atomic mass is 35.5. The van der Waals surface area contributed by atoms with Crippen molar-refractivity contribution in [2.45, 2.75) is 30.8 Å². The van der Waals surface area contributed by atoms with Gasteiger partial charge in [0, 0.05) is 55.6 Å². The zero-order chi connectivity index (χ0) is 24.0.